The minimum Gasteiger partial charge on any atom is -0.423 e. The van der Waals surface area contributed by atoms with Gasteiger partial charge in [0.1, 0.15) is 11.6 Å². The van der Waals surface area contributed by atoms with Crippen molar-refractivity contribution in [1.29, 1.82) is 0 Å². The molecule has 0 aliphatic rings. The van der Waals surface area contributed by atoms with Gasteiger partial charge in [-0.15, -0.1) is 0 Å². The molecule has 228 valence electrons. The summed E-state index contributed by atoms with van der Waals surface area (Å²) < 4.78 is 91.3. The molecule has 1 atom stereocenters. The first-order chi connectivity index (χ1) is 20.7. The third-order valence-corrected chi connectivity index (χ3v) is 9.65. The maximum Gasteiger partial charge on any atom is 0.450 e. The standard InChI is InChI=1S/C30H23BrF3N2O6PS/c1-44(39,40)25-14-8-21(9-15-25)28-18-35-29(41-28)36(23-12-10-22(32)11-13-23)19-20-7-16-26(27(31)17-20)30(33,34)43(37,38)42-24-5-3-2-4-6-24/h2-18H,19H2,1H3,(H,37,38). The van der Waals surface area contributed by atoms with Crippen LogP contribution in [-0.2, 0) is 26.6 Å². The van der Waals surface area contributed by atoms with E-state index in [0.29, 0.717) is 22.6 Å². The van der Waals surface area contributed by atoms with Gasteiger partial charge in [0.05, 0.1) is 17.6 Å². The zero-order valence-corrected chi connectivity index (χ0v) is 26.1. The molecule has 0 spiro atoms. The quantitative estimate of drug-likeness (QED) is 0.145. The molecule has 1 unspecified atom stereocenters. The molecule has 4 aromatic carbocycles. The lowest BCUT2D eigenvalue weighted by molar-refractivity contribution is 0.0580. The van der Waals surface area contributed by atoms with Crippen molar-refractivity contribution in [3.8, 4) is 17.1 Å². The van der Waals surface area contributed by atoms with E-state index in [1.54, 1.807) is 23.1 Å². The van der Waals surface area contributed by atoms with Gasteiger partial charge in [-0.2, -0.15) is 8.78 Å². The zero-order valence-electron chi connectivity index (χ0n) is 22.8. The van der Waals surface area contributed by atoms with Crippen LogP contribution in [0.4, 0.5) is 24.9 Å². The normalized spacial score (nSPS) is 13.3. The van der Waals surface area contributed by atoms with Crippen LogP contribution < -0.4 is 9.42 Å². The number of rotatable bonds is 10. The Hall–Kier alpha value is -3.90. The number of hydrogen-bond acceptors (Lipinski definition) is 7. The van der Waals surface area contributed by atoms with Crippen molar-refractivity contribution in [1.82, 2.24) is 4.98 Å². The van der Waals surface area contributed by atoms with E-state index in [-0.39, 0.29) is 27.7 Å². The van der Waals surface area contributed by atoms with Gasteiger partial charge in [-0.3, -0.25) is 4.90 Å². The second-order valence-electron chi connectivity index (χ2n) is 9.65. The number of oxazole rings is 1. The van der Waals surface area contributed by atoms with Crippen LogP contribution in [-0.4, -0.2) is 24.6 Å². The number of benzene rings is 4. The molecule has 0 bridgehead atoms. The minimum atomic E-state index is -5.52. The summed E-state index contributed by atoms with van der Waals surface area (Å²) >= 11 is 3.11. The number of aromatic nitrogens is 1. The predicted molar refractivity (Wildman–Crippen MR) is 162 cm³/mol. The molecule has 5 rings (SSSR count). The molecular weight excluding hydrogens is 684 g/mol. The van der Waals surface area contributed by atoms with Gasteiger partial charge in [-0.25, -0.2) is 22.4 Å². The lowest BCUT2D eigenvalue weighted by Gasteiger charge is -2.25. The van der Waals surface area contributed by atoms with Gasteiger partial charge in [0.25, 0.3) is 0 Å². The summed E-state index contributed by atoms with van der Waals surface area (Å²) in [6, 6.07) is 22.4. The van der Waals surface area contributed by atoms with Crippen LogP contribution in [0.3, 0.4) is 0 Å². The number of sulfone groups is 1. The Morgan fingerprint density at radius 1 is 1.00 bits per heavy atom. The van der Waals surface area contributed by atoms with E-state index >= 15 is 8.78 Å². The van der Waals surface area contributed by atoms with E-state index in [1.165, 1.54) is 79.0 Å². The van der Waals surface area contributed by atoms with E-state index in [2.05, 4.69) is 20.9 Å². The molecule has 1 aromatic heterocycles. The topological polar surface area (TPSA) is 110 Å². The van der Waals surface area contributed by atoms with Crippen LogP contribution in [0.5, 0.6) is 5.75 Å². The Labute approximate surface area is 259 Å². The van der Waals surface area contributed by atoms with Crippen molar-refractivity contribution in [3.63, 3.8) is 0 Å². The molecule has 1 heterocycles. The van der Waals surface area contributed by atoms with Crippen LogP contribution in [0, 0.1) is 5.82 Å². The third-order valence-electron chi connectivity index (χ3n) is 6.46. The summed E-state index contributed by atoms with van der Waals surface area (Å²) in [4.78, 5) is 16.3. The van der Waals surface area contributed by atoms with Crippen LogP contribution >= 0.6 is 23.5 Å². The highest BCUT2D eigenvalue weighted by Crippen LogP contribution is 2.63. The molecule has 8 nitrogen and oxygen atoms in total. The second-order valence-corrected chi connectivity index (χ2v) is 14.3. The largest absolute Gasteiger partial charge is 0.450 e. The van der Waals surface area contributed by atoms with Crippen LogP contribution in [0.2, 0.25) is 0 Å². The molecule has 14 heteroatoms. The first-order valence-corrected chi connectivity index (χ1v) is 17.0. The van der Waals surface area contributed by atoms with Gasteiger partial charge in [0.2, 0.25) is 0 Å². The van der Waals surface area contributed by atoms with Gasteiger partial charge < -0.3 is 13.8 Å². The monoisotopic (exact) mass is 706 g/mol. The number of anilines is 2. The average molecular weight is 707 g/mol. The number of hydrogen-bond donors (Lipinski definition) is 1. The number of alkyl halides is 2. The Kier molecular flexibility index (Phi) is 8.77. The van der Waals surface area contributed by atoms with Gasteiger partial charge in [-0.1, -0.05) is 46.3 Å². The van der Waals surface area contributed by atoms with Crippen molar-refractivity contribution in [2.24, 2.45) is 0 Å². The van der Waals surface area contributed by atoms with Crippen LogP contribution in [0.25, 0.3) is 11.3 Å². The molecule has 0 fully saturated rings. The van der Waals surface area contributed by atoms with E-state index in [4.69, 9.17) is 8.94 Å². The molecule has 0 saturated carbocycles. The van der Waals surface area contributed by atoms with Crippen molar-refractivity contribution < 1.29 is 40.0 Å². The van der Waals surface area contributed by atoms with Gasteiger partial charge >= 0.3 is 19.3 Å². The molecule has 1 N–H and O–H groups in total. The van der Waals surface area contributed by atoms with Crippen LogP contribution in [0.1, 0.15) is 11.1 Å². The molecule has 0 aliphatic carbocycles. The Morgan fingerprint density at radius 2 is 1.66 bits per heavy atom. The SMILES string of the molecule is CS(=O)(=O)c1ccc(-c2cnc(N(Cc3ccc(C(F)(F)P(=O)(O)Oc4ccccc4)c(Br)c3)c3ccc(F)cc3)o2)cc1. The molecule has 5 aromatic rings. The lowest BCUT2D eigenvalue weighted by Crippen LogP contribution is -2.19. The summed E-state index contributed by atoms with van der Waals surface area (Å²) in [6.07, 6.45) is 2.54. The molecule has 0 aliphatic heterocycles. The lowest BCUT2D eigenvalue weighted by atomic mass is 10.1. The summed E-state index contributed by atoms with van der Waals surface area (Å²) in [5, 5.41) is 0. The summed E-state index contributed by atoms with van der Waals surface area (Å²) in [5.74, 6) is -0.342. The first-order valence-electron chi connectivity index (χ1n) is 12.8. The Morgan fingerprint density at radius 3 is 2.27 bits per heavy atom. The zero-order chi connectivity index (χ0) is 31.7. The summed E-state index contributed by atoms with van der Waals surface area (Å²) in [6.45, 7) is 0.0142. The smallest absolute Gasteiger partial charge is 0.423 e. The molecule has 0 amide bonds. The van der Waals surface area contributed by atoms with Crippen molar-refractivity contribution in [3.05, 3.63) is 125 Å². The first kappa shape index (κ1) is 31.5. The minimum absolute atomic E-state index is 0.0142. The van der Waals surface area contributed by atoms with Gasteiger partial charge in [-0.05, 0) is 72.3 Å². The third kappa shape index (κ3) is 6.76. The molecule has 0 radical (unpaired) electrons. The molecular formula is C30H23BrF3N2O6PS. The molecule has 0 saturated heterocycles. The predicted octanol–water partition coefficient (Wildman–Crippen LogP) is 8.30. The number of halogens is 4. The Bertz CT molecular complexity index is 1940. The summed E-state index contributed by atoms with van der Waals surface area (Å²) in [7, 11) is -8.91. The number of nitrogens with zero attached hydrogens (tertiary/aromatic N) is 2. The second kappa shape index (κ2) is 12.2. The van der Waals surface area contributed by atoms with Crippen molar-refractivity contribution in [2.75, 3.05) is 11.2 Å². The van der Waals surface area contributed by atoms with E-state index < -0.39 is 34.5 Å². The maximum absolute atomic E-state index is 15.3. The van der Waals surface area contributed by atoms with Crippen LogP contribution in [0.15, 0.2) is 117 Å². The number of para-hydroxylation sites is 1. The average Bonchev–Trinajstić information content (AvgIpc) is 3.46. The fourth-order valence-electron chi connectivity index (χ4n) is 4.20. The highest BCUT2D eigenvalue weighted by Gasteiger charge is 2.55. The fourth-order valence-corrected chi connectivity index (χ4v) is 6.68. The van der Waals surface area contributed by atoms with E-state index in [9.17, 15) is 22.3 Å². The highest BCUT2D eigenvalue weighted by atomic mass is 79.9. The summed E-state index contributed by atoms with van der Waals surface area (Å²) in [5.41, 5.74) is -3.53. The fraction of sp³-hybridized carbons (Fsp3) is 0.100. The highest BCUT2D eigenvalue weighted by molar-refractivity contribution is 9.10. The van der Waals surface area contributed by atoms with E-state index in [0.717, 1.165) is 12.3 Å². The molecule has 44 heavy (non-hydrogen) atoms. The van der Waals surface area contributed by atoms with Gasteiger partial charge in [0, 0.05) is 27.5 Å². The Balaban J connectivity index is 1.44. The van der Waals surface area contributed by atoms with Crippen molar-refractivity contribution in [2.45, 2.75) is 17.1 Å². The maximum atomic E-state index is 15.3. The van der Waals surface area contributed by atoms with E-state index in [1.807, 2.05) is 0 Å². The van der Waals surface area contributed by atoms with Gasteiger partial charge in [0.15, 0.2) is 15.6 Å². The van der Waals surface area contributed by atoms with Crippen molar-refractivity contribution >= 4 is 45.1 Å².